The molecule has 0 atom stereocenters. The highest BCUT2D eigenvalue weighted by atomic mass is 15.0. The summed E-state index contributed by atoms with van der Waals surface area (Å²) in [5, 5.41) is 27.9. The molecule has 3 aromatic heterocycles. The smallest absolute Gasteiger partial charge is 0.101 e. The van der Waals surface area contributed by atoms with E-state index in [4.69, 9.17) is 0 Å². The van der Waals surface area contributed by atoms with Gasteiger partial charge in [-0.2, -0.15) is 10.5 Å². The van der Waals surface area contributed by atoms with Crippen LogP contribution in [0.2, 0.25) is 0 Å². The highest BCUT2D eigenvalue weighted by Crippen LogP contribution is 2.44. The molecule has 0 saturated carbocycles. The number of nitriles is 2. The van der Waals surface area contributed by atoms with Crippen molar-refractivity contribution in [3.05, 3.63) is 187 Å². The number of rotatable bonds is 4. The Morgan fingerprint density at radius 3 is 1.45 bits per heavy atom. The summed E-state index contributed by atoms with van der Waals surface area (Å²) in [7, 11) is 0. The largest absolute Gasteiger partial charge is 0.309 e. The quantitative estimate of drug-likeness (QED) is 0.184. The summed E-state index contributed by atoms with van der Waals surface area (Å²) in [4.78, 5) is 0. The van der Waals surface area contributed by atoms with E-state index in [1.54, 1.807) is 0 Å². The average Bonchev–Trinajstić information content (AvgIpc) is 3.89. The fourth-order valence-corrected chi connectivity index (χ4v) is 8.97. The third-order valence-corrected chi connectivity index (χ3v) is 11.1. The number of hydrogen-bond donors (Lipinski definition) is 0. The summed E-state index contributed by atoms with van der Waals surface area (Å²) in [6, 6.07) is 65.8. The molecule has 0 N–H and O–H groups in total. The normalized spacial score (nSPS) is 11.6. The Kier molecular flexibility index (Phi) is 6.61. The zero-order valence-corrected chi connectivity index (χ0v) is 29.5. The van der Waals surface area contributed by atoms with E-state index >= 15 is 0 Å². The Balaban J connectivity index is 1.25. The number of benzene rings is 8. The SMILES string of the molecule is N#Cc1cccc(-n2c3ccccc3c3cccc(C#N)c32)c1-c1ccccc1-n1c2ccccc2c2c(-n3c4ccccc4c4ccccc43)cccc21. The first-order valence-corrected chi connectivity index (χ1v) is 18.3. The minimum Gasteiger partial charge on any atom is -0.309 e. The topological polar surface area (TPSA) is 62.4 Å². The van der Waals surface area contributed by atoms with Crippen molar-refractivity contribution in [2.75, 3.05) is 0 Å². The zero-order chi connectivity index (χ0) is 36.6. The van der Waals surface area contributed by atoms with Gasteiger partial charge in [-0.15, -0.1) is 0 Å². The van der Waals surface area contributed by atoms with Gasteiger partial charge >= 0.3 is 0 Å². The van der Waals surface area contributed by atoms with E-state index in [1.807, 2.05) is 42.5 Å². The molecular weight excluding hydrogens is 671 g/mol. The Bertz CT molecular complexity index is 3420. The van der Waals surface area contributed by atoms with Crippen LogP contribution in [0.15, 0.2) is 176 Å². The van der Waals surface area contributed by atoms with Gasteiger partial charge in [0.2, 0.25) is 0 Å². The molecule has 0 aliphatic carbocycles. The predicted molar refractivity (Wildman–Crippen MR) is 224 cm³/mol. The molecule has 0 unspecified atom stereocenters. The van der Waals surface area contributed by atoms with Crippen molar-refractivity contribution in [1.82, 2.24) is 13.7 Å². The number of para-hydroxylation sites is 6. The van der Waals surface area contributed by atoms with Crippen LogP contribution in [0, 0.1) is 22.7 Å². The Hall–Kier alpha value is -7.86. The maximum absolute atomic E-state index is 10.8. The van der Waals surface area contributed by atoms with Gasteiger partial charge < -0.3 is 13.7 Å². The molecule has 0 aliphatic rings. The summed E-state index contributed by atoms with van der Waals surface area (Å²) in [6.07, 6.45) is 0. The highest BCUT2D eigenvalue weighted by molar-refractivity contribution is 6.17. The van der Waals surface area contributed by atoms with Crippen molar-refractivity contribution in [3.63, 3.8) is 0 Å². The molecule has 0 aliphatic heterocycles. The first-order chi connectivity index (χ1) is 27.3. The molecule has 5 nitrogen and oxygen atoms in total. The van der Waals surface area contributed by atoms with Gasteiger partial charge in [0.25, 0.3) is 0 Å². The average molecular weight is 700 g/mol. The summed E-state index contributed by atoms with van der Waals surface area (Å²) < 4.78 is 6.91. The number of aromatic nitrogens is 3. The Morgan fingerprint density at radius 2 is 0.764 bits per heavy atom. The standard InChI is InChI=1S/C50H29N5/c51-30-32-14-12-27-45(55-42-24-8-3-18-36(42)37-21-11-15-33(31-52)50(37)55)48(32)38-19-4-9-25-43(38)54-44-26-10-5-20-39(44)49-46(28-13-29-47(49)54)53-40-22-6-1-16-34(40)35-17-2-7-23-41(35)53/h1-29H. The van der Waals surface area contributed by atoms with Crippen molar-refractivity contribution in [2.24, 2.45) is 0 Å². The highest BCUT2D eigenvalue weighted by Gasteiger charge is 2.24. The number of fused-ring (bicyclic) bond motifs is 9. The van der Waals surface area contributed by atoms with E-state index in [-0.39, 0.29) is 0 Å². The minimum absolute atomic E-state index is 0.553. The molecule has 254 valence electrons. The van der Waals surface area contributed by atoms with Crippen LogP contribution in [0.25, 0.3) is 93.6 Å². The molecule has 8 aromatic carbocycles. The molecule has 11 aromatic rings. The van der Waals surface area contributed by atoms with Crippen LogP contribution in [0.5, 0.6) is 0 Å². The van der Waals surface area contributed by atoms with Gasteiger partial charge in [0.1, 0.15) is 6.07 Å². The van der Waals surface area contributed by atoms with Crippen LogP contribution in [-0.2, 0) is 0 Å². The van der Waals surface area contributed by atoms with Crippen molar-refractivity contribution in [2.45, 2.75) is 0 Å². The van der Waals surface area contributed by atoms with E-state index in [9.17, 15) is 10.5 Å². The zero-order valence-electron chi connectivity index (χ0n) is 29.5. The van der Waals surface area contributed by atoms with Gasteiger partial charge in [0.05, 0.1) is 67.4 Å². The summed E-state index contributed by atoms with van der Waals surface area (Å²) in [6.45, 7) is 0. The lowest BCUT2D eigenvalue weighted by Gasteiger charge is -2.20. The van der Waals surface area contributed by atoms with Crippen LogP contribution < -0.4 is 0 Å². The van der Waals surface area contributed by atoms with Gasteiger partial charge in [-0.25, -0.2) is 0 Å². The van der Waals surface area contributed by atoms with Crippen molar-refractivity contribution in [1.29, 1.82) is 10.5 Å². The van der Waals surface area contributed by atoms with Crippen LogP contribution >= 0.6 is 0 Å². The fourth-order valence-electron chi connectivity index (χ4n) is 8.97. The van der Waals surface area contributed by atoms with Crippen LogP contribution in [0.1, 0.15) is 11.1 Å². The monoisotopic (exact) mass is 699 g/mol. The van der Waals surface area contributed by atoms with Gasteiger partial charge in [-0.1, -0.05) is 115 Å². The van der Waals surface area contributed by atoms with E-state index in [2.05, 4.69) is 159 Å². The van der Waals surface area contributed by atoms with Gasteiger partial charge in [0, 0.05) is 43.4 Å². The first kappa shape index (κ1) is 30.7. The maximum atomic E-state index is 10.8. The van der Waals surface area contributed by atoms with Gasteiger partial charge in [-0.3, -0.25) is 0 Å². The molecule has 3 heterocycles. The van der Waals surface area contributed by atoms with E-state index < -0.39 is 0 Å². The van der Waals surface area contributed by atoms with E-state index in [0.717, 1.165) is 82.8 Å². The van der Waals surface area contributed by atoms with E-state index in [1.165, 1.54) is 10.8 Å². The summed E-state index contributed by atoms with van der Waals surface area (Å²) >= 11 is 0. The minimum atomic E-state index is 0.553. The van der Waals surface area contributed by atoms with Crippen LogP contribution in [-0.4, -0.2) is 13.7 Å². The molecule has 0 saturated heterocycles. The molecule has 0 spiro atoms. The van der Waals surface area contributed by atoms with E-state index in [0.29, 0.717) is 11.1 Å². The fraction of sp³-hybridized carbons (Fsp3) is 0. The Morgan fingerprint density at radius 1 is 0.327 bits per heavy atom. The maximum Gasteiger partial charge on any atom is 0.101 e. The molecule has 0 bridgehead atoms. The van der Waals surface area contributed by atoms with Crippen molar-refractivity contribution in [3.8, 4) is 40.3 Å². The lowest BCUT2D eigenvalue weighted by atomic mass is 9.96. The molecule has 11 rings (SSSR count). The molecule has 0 amide bonds. The lowest BCUT2D eigenvalue weighted by Crippen LogP contribution is -2.04. The van der Waals surface area contributed by atoms with Gasteiger partial charge in [0.15, 0.2) is 0 Å². The molecule has 0 fully saturated rings. The van der Waals surface area contributed by atoms with Gasteiger partial charge in [-0.05, 0) is 60.7 Å². The first-order valence-electron chi connectivity index (χ1n) is 18.3. The second kappa shape index (κ2) is 11.8. The van der Waals surface area contributed by atoms with Crippen molar-refractivity contribution >= 4 is 65.4 Å². The lowest BCUT2D eigenvalue weighted by molar-refractivity contribution is 1.15. The number of hydrogen-bond acceptors (Lipinski definition) is 2. The summed E-state index contributed by atoms with van der Waals surface area (Å²) in [5.74, 6) is 0. The summed E-state index contributed by atoms with van der Waals surface area (Å²) in [5.41, 5.74) is 12.0. The Labute approximate surface area is 316 Å². The number of nitrogens with zero attached hydrogens (tertiary/aromatic N) is 5. The second-order valence-electron chi connectivity index (χ2n) is 13.9. The third kappa shape index (κ3) is 4.27. The third-order valence-electron chi connectivity index (χ3n) is 11.1. The predicted octanol–water partition coefficient (Wildman–Crippen LogP) is 12.4. The second-order valence-corrected chi connectivity index (χ2v) is 13.9. The van der Waals surface area contributed by atoms with Crippen LogP contribution in [0.3, 0.4) is 0 Å². The molecule has 5 heteroatoms. The van der Waals surface area contributed by atoms with Crippen molar-refractivity contribution < 1.29 is 0 Å². The molecular formula is C50H29N5. The van der Waals surface area contributed by atoms with Crippen LogP contribution in [0.4, 0.5) is 0 Å². The molecule has 55 heavy (non-hydrogen) atoms. The molecule has 0 radical (unpaired) electrons.